The van der Waals surface area contributed by atoms with E-state index in [1.54, 1.807) is 12.1 Å². The van der Waals surface area contributed by atoms with Crippen molar-refractivity contribution < 1.29 is 15.0 Å². The van der Waals surface area contributed by atoms with Crippen LogP contribution in [-0.2, 0) is 5.41 Å². The number of carboxylic acids is 1. The lowest BCUT2D eigenvalue weighted by molar-refractivity contribution is 0.0697. The minimum absolute atomic E-state index is 0.152. The van der Waals surface area contributed by atoms with Crippen LogP contribution in [0.4, 0.5) is 5.69 Å². The quantitative estimate of drug-likeness (QED) is 0.745. The van der Waals surface area contributed by atoms with Crippen molar-refractivity contribution in [2.75, 3.05) is 18.0 Å². The third-order valence-electron chi connectivity index (χ3n) is 4.71. The van der Waals surface area contributed by atoms with Crippen LogP contribution in [0.25, 0.3) is 0 Å². The first-order valence-electron chi connectivity index (χ1n) is 9.60. The molecule has 1 unspecified atom stereocenters. The summed E-state index contributed by atoms with van der Waals surface area (Å²) in [6.45, 7) is 12.5. The lowest BCUT2D eigenvalue weighted by Gasteiger charge is -2.32. The molecule has 0 aliphatic rings. The molecule has 0 saturated heterocycles. The first-order chi connectivity index (χ1) is 13.2. The smallest absolute Gasteiger partial charge is 0.335 e. The van der Waals surface area contributed by atoms with Gasteiger partial charge in [-0.15, -0.1) is 0 Å². The fourth-order valence-corrected chi connectivity index (χ4v) is 3.36. The summed E-state index contributed by atoms with van der Waals surface area (Å²) in [4.78, 5) is 13.2. The maximum atomic E-state index is 11.0. The summed E-state index contributed by atoms with van der Waals surface area (Å²) >= 11 is 0. The van der Waals surface area contributed by atoms with Crippen LogP contribution < -0.4 is 4.90 Å². The summed E-state index contributed by atoms with van der Waals surface area (Å²) in [7, 11) is 0. The number of aromatic carboxylic acids is 1. The monoisotopic (exact) mass is 379 g/mol. The Hall–Kier alpha value is -2.77. The van der Waals surface area contributed by atoms with Crippen molar-refractivity contribution in [2.24, 2.45) is 0 Å². The van der Waals surface area contributed by atoms with Gasteiger partial charge in [0.15, 0.2) is 0 Å². The SMILES string of the molecule is CCN(CC)c1cccc(C(O)C#Cc2ccc(C(=O)O)cc2)c1C(C)(C)C. The summed E-state index contributed by atoms with van der Waals surface area (Å²) in [5.41, 5.74) is 3.77. The summed E-state index contributed by atoms with van der Waals surface area (Å²) in [5, 5.41) is 19.8. The van der Waals surface area contributed by atoms with Crippen molar-refractivity contribution in [3.8, 4) is 11.8 Å². The fraction of sp³-hybridized carbons (Fsp3) is 0.375. The molecular formula is C24H29NO3. The fourth-order valence-electron chi connectivity index (χ4n) is 3.36. The summed E-state index contributed by atoms with van der Waals surface area (Å²) in [5.74, 6) is 4.91. The van der Waals surface area contributed by atoms with Gasteiger partial charge in [0, 0.05) is 24.3 Å². The molecule has 0 bridgehead atoms. The summed E-state index contributed by atoms with van der Waals surface area (Å²) in [6, 6.07) is 12.3. The van der Waals surface area contributed by atoms with Crippen LogP contribution in [0.3, 0.4) is 0 Å². The number of benzene rings is 2. The molecule has 2 N–H and O–H groups in total. The number of hydrogen-bond acceptors (Lipinski definition) is 3. The average Bonchev–Trinajstić information content (AvgIpc) is 2.66. The number of aliphatic hydroxyl groups is 1. The molecule has 0 fully saturated rings. The van der Waals surface area contributed by atoms with Crippen LogP contribution in [-0.4, -0.2) is 29.3 Å². The summed E-state index contributed by atoms with van der Waals surface area (Å²) in [6.07, 6.45) is -0.927. The van der Waals surface area contributed by atoms with E-state index in [4.69, 9.17) is 5.11 Å². The highest BCUT2D eigenvalue weighted by molar-refractivity contribution is 5.87. The molecule has 0 saturated carbocycles. The number of anilines is 1. The van der Waals surface area contributed by atoms with E-state index in [9.17, 15) is 9.90 Å². The second-order valence-electron chi connectivity index (χ2n) is 7.72. The Labute approximate surface area is 167 Å². The van der Waals surface area contributed by atoms with Gasteiger partial charge in [0.1, 0.15) is 6.10 Å². The lowest BCUT2D eigenvalue weighted by atomic mass is 9.80. The van der Waals surface area contributed by atoms with Gasteiger partial charge >= 0.3 is 5.97 Å². The molecule has 0 radical (unpaired) electrons. The minimum Gasteiger partial charge on any atom is -0.478 e. The van der Waals surface area contributed by atoms with E-state index >= 15 is 0 Å². The number of aliphatic hydroxyl groups excluding tert-OH is 1. The van der Waals surface area contributed by atoms with Crippen molar-refractivity contribution >= 4 is 11.7 Å². The van der Waals surface area contributed by atoms with E-state index in [0.29, 0.717) is 5.56 Å². The van der Waals surface area contributed by atoms with E-state index in [0.717, 1.165) is 29.9 Å². The van der Waals surface area contributed by atoms with Crippen LogP contribution in [0.2, 0.25) is 0 Å². The third kappa shape index (κ3) is 4.94. The molecule has 4 nitrogen and oxygen atoms in total. The number of nitrogens with zero attached hydrogens (tertiary/aromatic N) is 1. The van der Waals surface area contributed by atoms with Crippen molar-refractivity contribution in [2.45, 2.75) is 46.1 Å². The van der Waals surface area contributed by atoms with Gasteiger partial charge in [0.2, 0.25) is 0 Å². The van der Waals surface area contributed by atoms with Gasteiger partial charge in [-0.3, -0.25) is 0 Å². The Balaban J connectivity index is 2.44. The largest absolute Gasteiger partial charge is 0.478 e. The van der Waals surface area contributed by atoms with Gasteiger partial charge in [0.05, 0.1) is 5.56 Å². The molecule has 2 aromatic rings. The molecular weight excluding hydrogens is 350 g/mol. The Bertz CT molecular complexity index is 879. The summed E-state index contributed by atoms with van der Waals surface area (Å²) < 4.78 is 0. The molecule has 2 aromatic carbocycles. The highest BCUT2D eigenvalue weighted by Crippen LogP contribution is 2.37. The average molecular weight is 380 g/mol. The highest BCUT2D eigenvalue weighted by atomic mass is 16.4. The van der Waals surface area contributed by atoms with Gasteiger partial charge in [-0.25, -0.2) is 4.79 Å². The molecule has 4 heteroatoms. The van der Waals surface area contributed by atoms with Gasteiger partial charge in [0.25, 0.3) is 0 Å². The number of hydrogen-bond donors (Lipinski definition) is 2. The zero-order valence-corrected chi connectivity index (χ0v) is 17.3. The maximum absolute atomic E-state index is 11.0. The molecule has 0 spiro atoms. The number of rotatable bonds is 5. The molecule has 0 aromatic heterocycles. The van der Waals surface area contributed by atoms with Crippen molar-refractivity contribution in [1.82, 2.24) is 0 Å². The lowest BCUT2D eigenvalue weighted by Crippen LogP contribution is -2.27. The minimum atomic E-state index is -0.970. The zero-order valence-electron chi connectivity index (χ0n) is 17.3. The van der Waals surface area contributed by atoms with Crippen molar-refractivity contribution in [3.05, 3.63) is 64.7 Å². The van der Waals surface area contributed by atoms with Gasteiger partial charge in [-0.1, -0.05) is 44.7 Å². The zero-order chi connectivity index (χ0) is 20.9. The van der Waals surface area contributed by atoms with Crippen molar-refractivity contribution in [1.29, 1.82) is 0 Å². The highest BCUT2D eigenvalue weighted by Gasteiger charge is 2.26. The van der Waals surface area contributed by atoms with Crippen LogP contribution in [0, 0.1) is 11.8 Å². The van der Waals surface area contributed by atoms with E-state index in [1.807, 2.05) is 12.1 Å². The van der Waals surface area contributed by atoms with Crippen molar-refractivity contribution in [3.63, 3.8) is 0 Å². The van der Waals surface area contributed by atoms with E-state index in [-0.39, 0.29) is 11.0 Å². The molecule has 0 amide bonds. The Morgan fingerprint density at radius 1 is 1.07 bits per heavy atom. The predicted octanol–water partition coefficient (Wildman–Crippen LogP) is 4.61. The van der Waals surface area contributed by atoms with Gasteiger partial charge < -0.3 is 15.1 Å². The third-order valence-corrected chi connectivity index (χ3v) is 4.71. The molecule has 0 aliphatic heterocycles. The first-order valence-corrected chi connectivity index (χ1v) is 9.60. The van der Waals surface area contributed by atoms with Crippen LogP contribution in [0.5, 0.6) is 0 Å². The molecule has 1 atom stereocenters. The Morgan fingerprint density at radius 3 is 2.18 bits per heavy atom. The van der Waals surface area contributed by atoms with E-state index in [2.05, 4.69) is 57.4 Å². The predicted molar refractivity (Wildman–Crippen MR) is 114 cm³/mol. The van der Waals surface area contributed by atoms with E-state index < -0.39 is 12.1 Å². The van der Waals surface area contributed by atoms with Crippen LogP contribution in [0.15, 0.2) is 42.5 Å². The maximum Gasteiger partial charge on any atom is 0.335 e. The standard InChI is InChI=1S/C24H29NO3/c1-6-25(7-2)20-10-8-9-19(22(20)24(3,4)5)21(26)16-13-17-11-14-18(15-12-17)23(27)28/h8-12,14-15,21,26H,6-7H2,1-5H3,(H,27,28). The molecule has 0 aliphatic carbocycles. The topological polar surface area (TPSA) is 60.8 Å². The van der Waals surface area contributed by atoms with E-state index in [1.165, 1.54) is 12.1 Å². The number of carbonyl (C=O) groups is 1. The molecule has 28 heavy (non-hydrogen) atoms. The Kier molecular flexibility index (Phi) is 6.88. The first kappa shape index (κ1) is 21.5. The van der Waals surface area contributed by atoms with Gasteiger partial charge in [-0.05, 0) is 60.7 Å². The van der Waals surface area contributed by atoms with Crippen LogP contribution >= 0.6 is 0 Å². The second kappa shape index (κ2) is 8.95. The normalized spacial score (nSPS) is 12.1. The van der Waals surface area contributed by atoms with Crippen LogP contribution in [0.1, 0.15) is 67.8 Å². The number of carboxylic acid groups (broad SMARTS) is 1. The molecule has 0 heterocycles. The second-order valence-corrected chi connectivity index (χ2v) is 7.72. The molecule has 2 rings (SSSR count). The molecule has 148 valence electrons. The van der Waals surface area contributed by atoms with Gasteiger partial charge in [-0.2, -0.15) is 0 Å². The Morgan fingerprint density at radius 2 is 1.68 bits per heavy atom.